The van der Waals surface area contributed by atoms with Gasteiger partial charge in [0.25, 0.3) is 0 Å². The number of fused-ring (bicyclic) bond motifs is 1. The molecule has 1 aliphatic rings. The quantitative estimate of drug-likeness (QED) is 0.784. The van der Waals surface area contributed by atoms with Crippen LogP contribution >= 0.6 is 0 Å². The molecule has 1 amide bonds. The summed E-state index contributed by atoms with van der Waals surface area (Å²) in [5.41, 5.74) is 4.06. The fourth-order valence-corrected chi connectivity index (χ4v) is 3.46. The van der Waals surface area contributed by atoms with Crippen LogP contribution < -0.4 is 16.0 Å². The Hall–Kier alpha value is -3.02. The first kappa shape index (κ1) is 16.4. The molecule has 0 bridgehead atoms. The van der Waals surface area contributed by atoms with Gasteiger partial charge in [0.1, 0.15) is 6.54 Å². The number of para-hydroxylation sites is 2. The van der Waals surface area contributed by atoms with Crippen LogP contribution in [0.25, 0.3) is 11.1 Å². The van der Waals surface area contributed by atoms with Gasteiger partial charge in [0.15, 0.2) is 5.58 Å². The van der Waals surface area contributed by atoms with Crippen LogP contribution in [-0.4, -0.2) is 23.6 Å². The van der Waals surface area contributed by atoms with E-state index >= 15 is 0 Å². The predicted octanol–water partition coefficient (Wildman–Crippen LogP) is 3.14. The largest absolute Gasteiger partial charge is 0.420 e. The van der Waals surface area contributed by atoms with Gasteiger partial charge in [-0.05, 0) is 55.7 Å². The van der Waals surface area contributed by atoms with Gasteiger partial charge in [-0.3, -0.25) is 9.36 Å². The molecule has 0 radical (unpaired) electrons. The van der Waals surface area contributed by atoms with E-state index in [0.29, 0.717) is 11.1 Å². The number of carbonyl (C=O) groups is 1. The van der Waals surface area contributed by atoms with E-state index in [2.05, 4.69) is 16.3 Å². The van der Waals surface area contributed by atoms with Crippen LogP contribution in [-0.2, 0) is 11.3 Å². The van der Waals surface area contributed by atoms with E-state index in [1.165, 1.54) is 23.1 Å². The Morgan fingerprint density at radius 3 is 2.69 bits per heavy atom. The molecule has 134 valence electrons. The maximum absolute atomic E-state index is 12.4. The summed E-state index contributed by atoms with van der Waals surface area (Å²) in [4.78, 5) is 26.8. The molecule has 4 rings (SSSR count). The second-order valence-electron chi connectivity index (χ2n) is 6.66. The highest BCUT2D eigenvalue weighted by atomic mass is 16.4. The molecule has 6 heteroatoms. The summed E-state index contributed by atoms with van der Waals surface area (Å²) in [5.74, 6) is -0.780. The third-order valence-corrected chi connectivity index (χ3v) is 4.83. The fraction of sp³-hybridized carbons (Fsp3) is 0.300. The first-order valence-electron chi connectivity index (χ1n) is 8.85. The van der Waals surface area contributed by atoms with E-state index in [9.17, 15) is 9.59 Å². The number of oxazole rings is 1. The molecule has 26 heavy (non-hydrogen) atoms. The molecule has 1 N–H and O–H groups in total. The zero-order valence-corrected chi connectivity index (χ0v) is 14.7. The second-order valence-corrected chi connectivity index (χ2v) is 6.66. The monoisotopic (exact) mass is 351 g/mol. The first-order valence-corrected chi connectivity index (χ1v) is 8.85. The van der Waals surface area contributed by atoms with Crippen molar-refractivity contribution in [2.75, 3.05) is 23.3 Å². The van der Waals surface area contributed by atoms with E-state index in [1.54, 1.807) is 18.2 Å². The summed E-state index contributed by atoms with van der Waals surface area (Å²) in [6, 6.07) is 13.1. The van der Waals surface area contributed by atoms with Crippen molar-refractivity contribution in [3.8, 4) is 0 Å². The Bertz CT molecular complexity index is 1010. The lowest BCUT2D eigenvalue weighted by Gasteiger charge is -2.19. The Morgan fingerprint density at radius 2 is 1.92 bits per heavy atom. The van der Waals surface area contributed by atoms with Crippen LogP contribution in [0.2, 0.25) is 0 Å². The third kappa shape index (κ3) is 3.10. The number of benzene rings is 2. The Balaban J connectivity index is 1.51. The van der Waals surface area contributed by atoms with Crippen LogP contribution in [0.3, 0.4) is 0 Å². The molecule has 3 aromatic rings. The Labute approximate surface area is 151 Å². The fourth-order valence-electron chi connectivity index (χ4n) is 3.46. The minimum Gasteiger partial charge on any atom is -0.408 e. The average molecular weight is 351 g/mol. The van der Waals surface area contributed by atoms with E-state index in [0.717, 1.165) is 24.3 Å². The van der Waals surface area contributed by atoms with E-state index in [4.69, 9.17) is 4.42 Å². The van der Waals surface area contributed by atoms with Crippen molar-refractivity contribution in [3.63, 3.8) is 0 Å². The molecule has 0 aliphatic carbocycles. The lowest BCUT2D eigenvalue weighted by Crippen LogP contribution is -2.25. The van der Waals surface area contributed by atoms with Gasteiger partial charge >= 0.3 is 5.76 Å². The van der Waals surface area contributed by atoms with Crippen LogP contribution in [0.1, 0.15) is 18.4 Å². The molecular weight excluding hydrogens is 330 g/mol. The number of nitrogens with zero attached hydrogens (tertiary/aromatic N) is 2. The van der Waals surface area contributed by atoms with Gasteiger partial charge in [-0.15, -0.1) is 0 Å². The average Bonchev–Trinajstić information content (AvgIpc) is 3.26. The molecule has 6 nitrogen and oxygen atoms in total. The number of rotatable bonds is 4. The highest BCUT2D eigenvalue weighted by molar-refractivity contribution is 5.92. The summed E-state index contributed by atoms with van der Waals surface area (Å²) in [6.07, 6.45) is 2.45. The zero-order chi connectivity index (χ0) is 18.1. The summed E-state index contributed by atoms with van der Waals surface area (Å²) in [6.45, 7) is 4.07. The van der Waals surface area contributed by atoms with Crippen LogP contribution in [0.4, 0.5) is 11.4 Å². The number of carbonyl (C=O) groups excluding carboxylic acids is 1. The summed E-state index contributed by atoms with van der Waals surface area (Å²) in [7, 11) is 0. The van der Waals surface area contributed by atoms with Crippen molar-refractivity contribution >= 4 is 28.4 Å². The number of hydrogen-bond acceptors (Lipinski definition) is 4. The number of aryl methyl sites for hydroxylation is 1. The Morgan fingerprint density at radius 1 is 1.15 bits per heavy atom. The van der Waals surface area contributed by atoms with Gasteiger partial charge in [-0.25, -0.2) is 4.79 Å². The van der Waals surface area contributed by atoms with Crippen molar-refractivity contribution in [3.05, 3.63) is 58.6 Å². The van der Waals surface area contributed by atoms with Crippen molar-refractivity contribution in [1.82, 2.24) is 4.57 Å². The second kappa shape index (κ2) is 6.71. The molecule has 1 saturated heterocycles. The molecule has 2 heterocycles. The SMILES string of the molecule is Cc1cc(N2CCCC2)ccc1NC(=O)Cn1c(=O)oc2ccccc21. The van der Waals surface area contributed by atoms with E-state index < -0.39 is 5.76 Å². The highest BCUT2D eigenvalue weighted by Gasteiger charge is 2.15. The summed E-state index contributed by atoms with van der Waals surface area (Å²) in [5, 5.41) is 2.90. The normalized spacial score (nSPS) is 14.1. The molecule has 0 spiro atoms. The van der Waals surface area contributed by atoms with E-state index in [-0.39, 0.29) is 12.5 Å². The standard InChI is InChI=1S/C20H21N3O3/c1-14-12-15(22-10-4-5-11-22)8-9-16(14)21-19(24)13-23-17-6-2-3-7-18(17)26-20(23)25/h2-3,6-9,12H,4-5,10-11,13H2,1H3,(H,21,24). The van der Waals surface area contributed by atoms with Gasteiger partial charge in [-0.2, -0.15) is 0 Å². The predicted molar refractivity (Wildman–Crippen MR) is 102 cm³/mol. The molecule has 0 atom stereocenters. The number of aromatic nitrogens is 1. The van der Waals surface area contributed by atoms with Gasteiger partial charge in [0.05, 0.1) is 5.52 Å². The molecule has 2 aromatic carbocycles. The molecule has 1 aliphatic heterocycles. The molecular formula is C20H21N3O3. The lowest BCUT2D eigenvalue weighted by molar-refractivity contribution is -0.116. The number of hydrogen-bond donors (Lipinski definition) is 1. The van der Waals surface area contributed by atoms with Crippen molar-refractivity contribution in [2.45, 2.75) is 26.3 Å². The topological polar surface area (TPSA) is 67.5 Å². The maximum atomic E-state index is 12.4. The lowest BCUT2D eigenvalue weighted by atomic mass is 10.1. The van der Waals surface area contributed by atoms with Gasteiger partial charge in [0.2, 0.25) is 5.91 Å². The maximum Gasteiger partial charge on any atom is 0.420 e. The Kier molecular flexibility index (Phi) is 4.24. The summed E-state index contributed by atoms with van der Waals surface area (Å²) < 4.78 is 6.51. The third-order valence-electron chi connectivity index (χ3n) is 4.83. The van der Waals surface area contributed by atoms with Crippen LogP contribution in [0.5, 0.6) is 0 Å². The van der Waals surface area contributed by atoms with E-state index in [1.807, 2.05) is 25.1 Å². The number of anilines is 2. The summed E-state index contributed by atoms with van der Waals surface area (Å²) >= 11 is 0. The van der Waals surface area contributed by atoms with Crippen LogP contribution in [0.15, 0.2) is 51.7 Å². The van der Waals surface area contributed by atoms with Crippen molar-refractivity contribution in [2.24, 2.45) is 0 Å². The van der Waals surface area contributed by atoms with Gasteiger partial charge in [0, 0.05) is 24.5 Å². The molecule has 0 unspecified atom stereocenters. The highest BCUT2D eigenvalue weighted by Crippen LogP contribution is 2.25. The number of amides is 1. The van der Waals surface area contributed by atoms with Crippen molar-refractivity contribution in [1.29, 1.82) is 0 Å². The smallest absolute Gasteiger partial charge is 0.408 e. The van der Waals surface area contributed by atoms with Gasteiger partial charge < -0.3 is 14.6 Å². The first-order chi connectivity index (χ1) is 12.6. The van der Waals surface area contributed by atoms with Crippen molar-refractivity contribution < 1.29 is 9.21 Å². The van der Waals surface area contributed by atoms with Crippen LogP contribution in [0, 0.1) is 6.92 Å². The zero-order valence-electron chi connectivity index (χ0n) is 14.7. The minimum atomic E-state index is -0.526. The minimum absolute atomic E-state index is 0.0802. The molecule has 0 saturated carbocycles. The molecule has 1 aromatic heterocycles. The van der Waals surface area contributed by atoms with Gasteiger partial charge in [-0.1, -0.05) is 12.1 Å². The molecule has 1 fully saturated rings. The number of nitrogens with one attached hydrogen (secondary N) is 1.